The number of aryl methyl sites for hydroxylation is 1. The lowest BCUT2D eigenvalue weighted by molar-refractivity contribution is 0.0947. The number of sulfonamides is 1. The van der Waals surface area contributed by atoms with Gasteiger partial charge in [0.25, 0.3) is 11.5 Å². The minimum Gasteiger partial charge on any atom is -0.505 e. The van der Waals surface area contributed by atoms with E-state index in [1.807, 2.05) is 0 Å². The van der Waals surface area contributed by atoms with Crippen molar-refractivity contribution in [1.29, 1.82) is 0 Å². The number of carbonyl (C=O) groups is 1. The van der Waals surface area contributed by atoms with E-state index >= 15 is 0 Å². The van der Waals surface area contributed by atoms with Crippen LogP contribution in [0.4, 0.5) is 4.39 Å². The maximum atomic E-state index is 13.2. The molecule has 0 fully saturated rings. The second-order valence-electron chi connectivity index (χ2n) is 8.11. The zero-order chi connectivity index (χ0) is 25.8. The van der Waals surface area contributed by atoms with Crippen LogP contribution < -0.4 is 10.9 Å². The summed E-state index contributed by atoms with van der Waals surface area (Å²) in [4.78, 5) is 30.2. The lowest BCUT2D eigenvalue weighted by Gasteiger charge is -2.16. The van der Waals surface area contributed by atoms with Gasteiger partial charge in [-0.3, -0.25) is 14.6 Å². The van der Waals surface area contributed by atoms with Crippen LogP contribution in [0.1, 0.15) is 27.9 Å². The first kappa shape index (κ1) is 26.3. The number of benzene rings is 1. The zero-order valence-electron chi connectivity index (χ0n) is 19.4. The normalized spacial score (nSPS) is 11.8. The lowest BCUT2D eigenvalue weighted by Crippen LogP contribution is -2.38. The molecule has 0 aliphatic carbocycles. The molecule has 0 atom stereocenters. The number of likely N-dealkylation sites (N-methyl/N-ethyl adjacent to an activating group) is 1. The van der Waals surface area contributed by atoms with Crippen molar-refractivity contribution in [2.75, 3.05) is 33.0 Å². The average Bonchev–Trinajstić information content (AvgIpc) is 2.80. The van der Waals surface area contributed by atoms with E-state index in [9.17, 15) is 32.6 Å². The maximum Gasteiger partial charge on any atom is 0.267 e. The smallest absolute Gasteiger partial charge is 0.267 e. The molecule has 0 spiro atoms. The summed E-state index contributed by atoms with van der Waals surface area (Å²) >= 11 is 0. The summed E-state index contributed by atoms with van der Waals surface area (Å²) in [5.74, 6) is -1.82. The molecule has 0 bridgehead atoms. The minimum atomic E-state index is -3.44. The third-order valence-corrected chi connectivity index (χ3v) is 6.82. The third-order valence-electron chi connectivity index (χ3n) is 5.50. The first-order valence-corrected chi connectivity index (χ1v) is 12.7. The molecule has 1 amide bonds. The van der Waals surface area contributed by atoms with Crippen molar-refractivity contribution in [2.24, 2.45) is 0 Å². The van der Waals surface area contributed by atoms with Crippen LogP contribution in [-0.2, 0) is 23.0 Å². The molecule has 0 saturated heterocycles. The van der Waals surface area contributed by atoms with Gasteiger partial charge in [0.1, 0.15) is 16.9 Å². The van der Waals surface area contributed by atoms with Gasteiger partial charge in [0.05, 0.1) is 11.8 Å². The van der Waals surface area contributed by atoms with Crippen LogP contribution in [0.15, 0.2) is 41.3 Å². The predicted octanol–water partition coefficient (Wildman–Crippen LogP) is 0.836. The fraction of sp³-hybridized carbons (Fsp3) is 0.348. The monoisotopic (exact) mass is 506 g/mol. The summed E-state index contributed by atoms with van der Waals surface area (Å²) in [5, 5.41) is 22.5. The first-order valence-electron chi connectivity index (χ1n) is 10.8. The Bertz CT molecular complexity index is 1390. The Morgan fingerprint density at radius 3 is 2.54 bits per heavy atom. The number of hydrogen-bond donors (Lipinski definition) is 3. The van der Waals surface area contributed by atoms with Crippen LogP contribution >= 0.6 is 0 Å². The number of nitrogens with one attached hydrogen (secondary N) is 1. The molecule has 2 heterocycles. The first-order chi connectivity index (χ1) is 16.5. The molecular formula is C23H27FN4O6S. The van der Waals surface area contributed by atoms with Gasteiger partial charge in [-0.15, -0.1) is 0 Å². The highest BCUT2D eigenvalue weighted by molar-refractivity contribution is 7.88. The van der Waals surface area contributed by atoms with Gasteiger partial charge in [-0.05, 0) is 42.2 Å². The third kappa shape index (κ3) is 6.21. The van der Waals surface area contributed by atoms with E-state index in [1.165, 1.54) is 29.9 Å². The van der Waals surface area contributed by atoms with E-state index in [0.29, 0.717) is 12.0 Å². The molecule has 0 saturated carbocycles. The molecule has 35 heavy (non-hydrogen) atoms. The highest BCUT2D eigenvalue weighted by Crippen LogP contribution is 2.26. The number of aliphatic hydroxyl groups excluding tert-OH is 1. The molecule has 3 aromatic rings. The van der Waals surface area contributed by atoms with Crippen LogP contribution in [0, 0.1) is 5.82 Å². The van der Waals surface area contributed by atoms with Gasteiger partial charge in [0, 0.05) is 39.5 Å². The molecule has 0 unspecified atom stereocenters. The van der Waals surface area contributed by atoms with Crippen LogP contribution in [0.2, 0.25) is 0 Å². The van der Waals surface area contributed by atoms with E-state index in [1.54, 1.807) is 18.2 Å². The molecule has 3 rings (SSSR count). The Morgan fingerprint density at radius 2 is 1.91 bits per heavy atom. The largest absolute Gasteiger partial charge is 0.505 e. The van der Waals surface area contributed by atoms with E-state index in [2.05, 4.69) is 10.3 Å². The quantitative estimate of drug-likeness (QED) is 0.370. The molecule has 1 aromatic carbocycles. The molecule has 10 nitrogen and oxygen atoms in total. The molecule has 188 valence electrons. The number of carbonyl (C=O) groups excluding carboxylic acids is 1. The topological polar surface area (TPSA) is 142 Å². The van der Waals surface area contributed by atoms with Gasteiger partial charge in [-0.1, -0.05) is 12.1 Å². The average molecular weight is 507 g/mol. The van der Waals surface area contributed by atoms with Gasteiger partial charge in [0.2, 0.25) is 10.0 Å². The second kappa shape index (κ2) is 10.9. The Morgan fingerprint density at radius 1 is 1.23 bits per heavy atom. The van der Waals surface area contributed by atoms with Crippen LogP contribution in [-0.4, -0.2) is 71.4 Å². The van der Waals surface area contributed by atoms with Gasteiger partial charge in [-0.25, -0.2) is 17.1 Å². The molecule has 12 heteroatoms. The fourth-order valence-electron chi connectivity index (χ4n) is 3.52. The number of pyridine rings is 2. The molecule has 0 aliphatic rings. The van der Waals surface area contributed by atoms with E-state index < -0.39 is 32.8 Å². The second-order valence-corrected chi connectivity index (χ2v) is 10.2. The Kier molecular flexibility index (Phi) is 8.20. The predicted molar refractivity (Wildman–Crippen MR) is 128 cm³/mol. The fourth-order valence-corrected chi connectivity index (χ4v) is 3.94. The standard InChI is InChI=1S/C23H27FN4O6S/c1-27(35(2,33)34)10-8-25-22(31)19-21(30)20-18(28(23(19)32)9-3-11-29)13-16(14-26-20)12-15-4-6-17(24)7-5-15/h4-7,13-14,29-30H,3,8-12H2,1-2H3,(H,25,31). The molecule has 3 N–H and O–H groups in total. The minimum absolute atomic E-state index is 0.0252. The molecule has 2 aromatic heterocycles. The molecular weight excluding hydrogens is 479 g/mol. The highest BCUT2D eigenvalue weighted by atomic mass is 32.2. The number of hydrogen-bond acceptors (Lipinski definition) is 7. The number of halogens is 1. The Balaban J connectivity index is 1.98. The Hall–Kier alpha value is -3.35. The molecule has 0 radical (unpaired) electrons. The SMILES string of the molecule is CN(CCNC(=O)c1c(O)c2ncc(Cc3ccc(F)cc3)cc2n(CCCO)c1=O)S(C)(=O)=O. The summed E-state index contributed by atoms with van der Waals surface area (Å²) in [6, 6.07) is 7.60. The van der Waals surface area contributed by atoms with E-state index in [-0.39, 0.29) is 49.5 Å². The van der Waals surface area contributed by atoms with Crippen molar-refractivity contribution < 1.29 is 27.8 Å². The highest BCUT2D eigenvalue weighted by Gasteiger charge is 2.23. The number of fused-ring (bicyclic) bond motifs is 1. The van der Waals surface area contributed by atoms with Gasteiger partial charge in [-0.2, -0.15) is 0 Å². The zero-order valence-corrected chi connectivity index (χ0v) is 20.2. The lowest BCUT2D eigenvalue weighted by atomic mass is 10.1. The van der Waals surface area contributed by atoms with Crippen molar-refractivity contribution in [1.82, 2.24) is 19.2 Å². The summed E-state index contributed by atoms with van der Waals surface area (Å²) in [5.41, 5.74) is 0.546. The number of aliphatic hydroxyl groups is 1. The summed E-state index contributed by atoms with van der Waals surface area (Å²) in [6.07, 6.45) is 3.14. The van der Waals surface area contributed by atoms with Crippen molar-refractivity contribution in [3.8, 4) is 5.75 Å². The summed E-state index contributed by atoms with van der Waals surface area (Å²) in [6.45, 7) is -0.232. The number of rotatable bonds is 10. The summed E-state index contributed by atoms with van der Waals surface area (Å²) < 4.78 is 38.5. The number of amides is 1. The van der Waals surface area contributed by atoms with Crippen LogP contribution in [0.3, 0.4) is 0 Å². The number of aromatic hydroxyl groups is 1. The molecule has 0 aliphatic heterocycles. The Labute approximate surface area is 201 Å². The van der Waals surface area contributed by atoms with E-state index in [4.69, 9.17) is 0 Å². The van der Waals surface area contributed by atoms with Crippen molar-refractivity contribution in [2.45, 2.75) is 19.4 Å². The van der Waals surface area contributed by atoms with E-state index in [0.717, 1.165) is 16.1 Å². The van der Waals surface area contributed by atoms with Gasteiger partial charge >= 0.3 is 0 Å². The van der Waals surface area contributed by atoms with Crippen molar-refractivity contribution in [3.63, 3.8) is 0 Å². The van der Waals surface area contributed by atoms with Crippen molar-refractivity contribution in [3.05, 3.63) is 69.4 Å². The van der Waals surface area contributed by atoms with Crippen LogP contribution in [0.25, 0.3) is 11.0 Å². The van der Waals surface area contributed by atoms with Crippen LogP contribution in [0.5, 0.6) is 5.75 Å². The number of nitrogens with zero attached hydrogens (tertiary/aromatic N) is 3. The maximum absolute atomic E-state index is 13.2. The number of aromatic nitrogens is 2. The van der Waals surface area contributed by atoms with Gasteiger partial charge < -0.3 is 20.1 Å². The van der Waals surface area contributed by atoms with Gasteiger partial charge in [0.15, 0.2) is 5.75 Å². The van der Waals surface area contributed by atoms with Crippen molar-refractivity contribution >= 4 is 27.0 Å². The summed E-state index contributed by atoms with van der Waals surface area (Å²) in [7, 11) is -2.09.